The van der Waals surface area contributed by atoms with Gasteiger partial charge in [0, 0.05) is 5.39 Å². The molecule has 0 N–H and O–H groups in total. The van der Waals surface area contributed by atoms with E-state index in [2.05, 4.69) is 4.98 Å². The van der Waals surface area contributed by atoms with Gasteiger partial charge in [0.1, 0.15) is 5.69 Å². The highest BCUT2D eigenvalue weighted by atomic mass is 19.4. The number of alkyl halides is 3. The van der Waals surface area contributed by atoms with Gasteiger partial charge in [-0.25, -0.2) is 9.78 Å². The molecule has 1 aromatic carbocycles. The molecule has 26 heavy (non-hydrogen) atoms. The van der Waals surface area contributed by atoms with Gasteiger partial charge in [0.15, 0.2) is 0 Å². The van der Waals surface area contributed by atoms with Gasteiger partial charge in [0.05, 0.1) is 29.9 Å². The fourth-order valence-corrected chi connectivity index (χ4v) is 2.73. The quantitative estimate of drug-likeness (QED) is 0.617. The van der Waals surface area contributed by atoms with Gasteiger partial charge in [-0.15, -0.1) is 0 Å². The summed E-state index contributed by atoms with van der Waals surface area (Å²) in [5.41, 5.74) is -1.35. The molecule has 1 fully saturated rings. The fraction of sp³-hybridized carbons (Fsp3) is 0.412. The minimum Gasteiger partial charge on any atom is -0.461 e. The second-order valence-corrected chi connectivity index (χ2v) is 6.57. The van der Waals surface area contributed by atoms with Gasteiger partial charge in [-0.05, 0) is 38.4 Å². The lowest BCUT2D eigenvalue weighted by atomic mass is 9.78. The maximum Gasteiger partial charge on any atom is 0.494 e. The van der Waals surface area contributed by atoms with E-state index < -0.39 is 30.4 Å². The zero-order valence-corrected chi connectivity index (χ0v) is 14.5. The first-order chi connectivity index (χ1) is 12.1. The van der Waals surface area contributed by atoms with Crippen molar-refractivity contribution in [3.05, 3.63) is 35.5 Å². The Morgan fingerprint density at radius 3 is 2.65 bits per heavy atom. The smallest absolute Gasteiger partial charge is 0.461 e. The number of nitrogens with zero attached hydrogens (tertiary/aromatic N) is 1. The number of aromatic nitrogens is 1. The average Bonchev–Trinajstić information content (AvgIpc) is 2.92. The molecule has 0 spiro atoms. The predicted octanol–water partition coefficient (Wildman–Crippen LogP) is 2.95. The minimum atomic E-state index is -4.66. The predicted molar refractivity (Wildman–Crippen MR) is 89.2 cm³/mol. The van der Waals surface area contributed by atoms with Crippen molar-refractivity contribution in [1.29, 1.82) is 0 Å². The number of benzene rings is 1. The summed E-state index contributed by atoms with van der Waals surface area (Å²) in [5, 5.41) is -0.125. The summed E-state index contributed by atoms with van der Waals surface area (Å²) >= 11 is 0. The first-order valence-corrected chi connectivity index (χ1v) is 8.09. The van der Waals surface area contributed by atoms with Crippen LogP contribution in [0.3, 0.4) is 0 Å². The SMILES string of the molecule is CCOC(=O)c1cc(C(F)(F)F)c2cc(B3OCC(C)(C)O3)ccc2n1. The number of pyridine rings is 1. The van der Waals surface area contributed by atoms with Gasteiger partial charge >= 0.3 is 19.3 Å². The summed E-state index contributed by atoms with van der Waals surface area (Å²) in [5.74, 6) is -0.895. The van der Waals surface area contributed by atoms with Gasteiger partial charge in [-0.2, -0.15) is 13.2 Å². The molecule has 1 aliphatic heterocycles. The first-order valence-electron chi connectivity index (χ1n) is 8.09. The number of carbonyl (C=O) groups excluding carboxylic acids is 1. The zero-order chi connectivity index (χ0) is 19.1. The first kappa shape index (κ1) is 18.7. The number of ether oxygens (including phenoxy) is 1. The molecule has 0 unspecified atom stereocenters. The molecule has 9 heteroatoms. The van der Waals surface area contributed by atoms with Crippen molar-refractivity contribution in [2.24, 2.45) is 0 Å². The number of fused-ring (bicyclic) bond motifs is 1. The van der Waals surface area contributed by atoms with Crippen LogP contribution in [0, 0.1) is 0 Å². The molecule has 2 aromatic rings. The summed E-state index contributed by atoms with van der Waals surface area (Å²) < 4.78 is 56.6. The average molecular weight is 367 g/mol. The molecule has 5 nitrogen and oxygen atoms in total. The minimum absolute atomic E-state index is 0.0453. The highest BCUT2D eigenvalue weighted by Gasteiger charge is 2.39. The molecule has 0 atom stereocenters. The third kappa shape index (κ3) is 3.68. The van der Waals surface area contributed by atoms with Gasteiger partial charge in [-0.3, -0.25) is 0 Å². The number of rotatable bonds is 3. The molecule has 0 bridgehead atoms. The topological polar surface area (TPSA) is 57.7 Å². The molecule has 1 aromatic heterocycles. The standard InChI is InChI=1S/C17H17BF3NO4/c1-4-24-15(23)14-8-12(17(19,20)21)11-7-10(5-6-13(11)22-14)18-25-9-16(2,3)26-18/h5-8H,4,9H2,1-3H3. The Hall–Kier alpha value is -2.13. The third-order valence-electron chi connectivity index (χ3n) is 3.90. The highest BCUT2D eigenvalue weighted by Crippen LogP contribution is 2.35. The van der Waals surface area contributed by atoms with Crippen molar-refractivity contribution in [1.82, 2.24) is 4.98 Å². The largest absolute Gasteiger partial charge is 0.494 e. The Kier molecular flexibility index (Phi) is 4.70. The van der Waals surface area contributed by atoms with Crippen LogP contribution in [0.2, 0.25) is 0 Å². The number of carbonyl (C=O) groups is 1. The molecule has 0 radical (unpaired) electrons. The lowest BCUT2D eigenvalue weighted by Crippen LogP contribution is -2.34. The number of hydrogen-bond donors (Lipinski definition) is 0. The van der Waals surface area contributed by atoms with Crippen LogP contribution in [0.4, 0.5) is 13.2 Å². The summed E-state index contributed by atoms with van der Waals surface area (Å²) in [6, 6.07) is 5.05. The van der Waals surface area contributed by atoms with E-state index in [0.717, 1.165) is 0 Å². The lowest BCUT2D eigenvalue weighted by Gasteiger charge is -2.16. The van der Waals surface area contributed by atoms with Crippen molar-refractivity contribution in [2.75, 3.05) is 13.2 Å². The monoisotopic (exact) mass is 367 g/mol. The van der Waals surface area contributed by atoms with Crippen LogP contribution < -0.4 is 5.46 Å². The summed E-state index contributed by atoms with van der Waals surface area (Å²) in [6.45, 7) is 5.62. The molecule has 2 heterocycles. The Labute approximate surface area is 148 Å². The highest BCUT2D eigenvalue weighted by molar-refractivity contribution is 6.62. The van der Waals surface area contributed by atoms with E-state index in [1.165, 1.54) is 12.1 Å². The number of hydrogen-bond acceptors (Lipinski definition) is 5. The molecule has 138 valence electrons. The van der Waals surface area contributed by atoms with Crippen LogP contribution in [0.25, 0.3) is 10.9 Å². The van der Waals surface area contributed by atoms with Crippen molar-refractivity contribution < 1.29 is 32.0 Å². The Morgan fingerprint density at radius 2 is 2.08 bits per heavy atom. The van der Waals surface area contributed by atoms with Crippen molar-refractivity contribution in [3.63, 3.8) is 0 Å². The van der Waals surface area contributed by atoms with E-state index in [-0.39, 0.29) is 23.2 Å². The van der Waals surface area contributed by atoms with Crippen LogP contribution in [0.5, 0.6) is 0 Å². The number of halogens is 3. The third-order valence-corrected chi connectivity index (χ3v) is 3.90. The lowest BCUT2D eigenvalue weighted by molar-refractivity contribution is -0.136. The Balaban J connectivity index is 2.10. The van der Waals surface area contributed by atoms with Crippen LogP contribution in [0.15, 0.2) is 24.3 Å². The van der Waals surface area contributed by atoms with E-state index in [4.69, 9.17) is 14.0 Å². The van der Waals surface area contributed by atoms with Crippen molar-refractivity contribution >= 4 is 29.5 Å². The van der Waals surface area contributed by atoms with Crippen molar-refractivity contribution in [3.8, 4) is 0 Å². The fourth-order valence-electron chi connectivity index (χ4n) is 2.73. The van der Waals surface area contributed by atoms with E-state index in [1.807, 2.05) is 13.8 Å². The number of esters is 1. The van der Waals surface area contributed by atoms with Gasteiger partial charge in [0.2, 0.25) is 0 Å². The van der Waals surface area contributed by atoms with E-state index in [9.17, 15) is 18.0 Å². The summed E-state index contributed by atoms with van der Waals surface area (Å²) in [6.07, 6.45) is -4.66. The molecule has 0 amide bonds. The normalized spacial score (nSPS) is 16.9. The van der Waals surface area contributed by atoms with Gasteiger partial charge < -0.3 is 14.0 Å². The van der Waals surface area contributed by atoms with E-state index in [1.54, 1.807) is 13.0 Å². The molecule has 3 rings (SSSR count). The van der Waals surface area contributed by atoms with Crippen LogP contribution in [-0.2, 0) is 20.2 Å². The summed E-state index contributed by atoms with van der Waals surface area (Å²) in [4.78, 5) is 15.8. The molecular formula is C17H17BF3NO4. The van der Waals surface area contributed by atoms with E-state index >= 15 is 0 Å². The van der Waals surface area contributed by atoms with Crippen LogP contribution >= 0.6 is 0 Å². The maximum atomic E-state index is 13.5. The molecular weight excluding hydrogens is 350 g/mol. The zero-order valence-electron chi connectivity index (χ0n) is 14.5. The maximum absolute atomic E-state index is 13.5. The van der Waals surface area contributed by atoms with E-state index in [0.29, 0.717) is 18.1 Å². The molecule has 1 aliphatic rings. The second-order valence-electron chi connectivity index (χ2n) is 6.57. The van der Waals surface area contributed by atoms with Crippen molar-refractivity contribution in [2.45, 2.75) is 32.5 Å². The molecule has 1 saturated heterocycles. The van der Waals surface area contributed by atoms with Gasteiger partial charge in [-0.1, -0.05) is 12.1 Å². The molecule has 0 aliphatic carbocycles. The van der Waals surface area contributed by atoms with Crippen LogP contribution in [0.1, 0.15) is 36.8 Å². The Morgan fingerprint density at radius 1 is 1.35 bits per heavy atom. The second kappa shape index (κ2) is 6.55. The van der Waals surface area contributed by atoms with Crippen LogP contribution in [-0.4, -0.2) is 36.9 Å². The summed E-state index contributed by atoms with van der Waals surface area (Å²) in [7, 11) is -0.750. The van der Waals surface area contributed by atoms with Gasteiger partial charge in [0.25, 0.3) is 0 Å². The Bertz CT molecular complexity index is 854. The molecule has 0 saturated carbocycles.